The fourth-order valence-electron chi connectivity index (χ4n) is 5.60. The second-order valence-electron chi connectivity index (χ2n) is 9.55. The average Bonchev–Trinajstić information content (AvgIpc) is 3.40. The van der Waals surface area contributed by atoms with Crippen molar-refractivity contribution in [1.29, 1.82) is 0 Å². The number of benzene rings is 2. The number of carbonyl (C=O) groups is 3. The Bertz CT molecular complexity index is 1050. The Morgan fingerprint density at radius 1 is 0.971 bits per heavy atom. The van der Waals surface area contributed by atoms with E-state index in [0.717, 1.165) is 30.4 Å². The fraction of sp³-hybridized carbons (Fsp3) is 0.444. The molecular weight excluding hydrogens is 432 g/mol. The van der Waals surface area contributed by atoms with Crippen LogP contribution < -0.4 is 5.32 Å². The third-order valence-electron chi connectivity index (χ3n) is 7.62. The van der Waals surface area contributed by atoms with Crippen molar-refractivity contribution in [2.45, 2.75) is 56.5 Å². The lowest BCUT2D eigenvalue weighted by molar-refractivity contribution is -0.148. The first-order valence-corrected chi connectivity index (χ1v) is 12.2. The predicted molar refractivity (Wildman–Crippen MR) is 126 cm³/mol. The Morgan fingerprint density at radius 3 is 2.21 bits per heavy atom. The van der Waals surface area contributed by atoms with Gasteiger partial charge in [-0.15, -0.1) is 0 Å². The number of carboxylic acid groups (broad SMARTS) is 1. The van der Waals surface area contributed by atoms with Crippen molar-refractivity contribution in [3.8, 4) is 11.1 Å². The summed E-state index contributed by atoms with van der Waals surface area (Å²) in [7, 11) is 0. The standard InChI is InChI=1S/C27H30N2O5/c30-25(29-14-6-13-24(29)26(31)32)15-23(17-7-5-8-17)28-27(33)34-16-22-20-11-3-1-9-18(20)19-10-2-4-12-21(19)22/h1-4,9-12,17,22-24H,5-8,13-16H2,(H,28,33)(H,31,32)/t23?,24-/m1/s1. The van der Waals surface area contributed by atoms with E-state index in [0.29, 0.717) is 19.4 Å². The number of carbonyl (C=O) groups excluding carboxylic acids is 2. The molecule has 5 rings (SSSR count). The summed E-state index contributed by atoms with van der Waals surface area (Å²) >= 11 is 0. The maximum absolute atomic E-state index is 12.9. The van der Waals surface area contributed by atoms with Crippen molar-refractivity contribution < 1.29 is 24.2 Å². The molecule has 178 valence electrons. The third-order valence-corrected chi connectivity index (χ3v) is 7.62. The monoisotopic (exact) mass is 462 g/mol. The molecule has 1 saturated carbocycles. The van der Waals surface area contributed by atoms with E-state index in [-0.39, 0.29) is 36.8 Å². The van der Waals surface area contributed by atoms with E-state index in [4.69, 9.17) is 4.74 Å². The Kier molecular flexibility index (Phi) is 6.26. The Labute approximate surface area is 199 Å². The van der Waals surface area contributed by atoms with E-state index in [2.05, 4.69) is 29.6 Å². The largest absolute Gasteiger partial charge is 0.480 e. The maximum atomic E-state index is 12.9. The smallest absolute Gasteiger partial charge is 0.407 e. The number of aliphatic carboxylic acids is 1. The van der Waals surface area contributed by atoms with Crippen molar-refractivity contribution >= 4 is 18.0 Å². The molecule has 2 fully saturated rings. The van der Waals surface area contributed by atoms with Gasteiger partial charge < -0.3 is 20.1 Å². The van der Waals surface area contributed by atoms with Gasteiger partial charge >= 0.3 is 12.1 Å². The zero-order chi connectivity index (χ0) is 23.7. The summed E-state index contributed by atoms with van der Waals surface area (Å²) in [6.07, 6.45) is 3.73. The van der Waals surface area contributed by atoms with Gasteiger partial charge in [-0.1, -0.05) is 55.0 Å². The molecule has 7 heteroatoms. The van der Waals surface area contributed by atoms with Gasteiger partial charge in [0.15, 0.2) is 0 Å². The van der Waals surface area contributed by atoms with Gasteiger partial charge in [0.1, 0.15) is 12.6 Å². The lowest BCUT2D eigenvalue weighted by Gasteiger charge is -2.35. The van der Waals surface area contributed by atoms with E-state index < -0.39 is 18.1 Å². The van der Waals surface area contributed by atoms with Crippen LogP contribution in [0, 0.1) is 5.92 Å². The summed E-state index contributed by atoms with van der Waals surface area (Å²) in [6.45, 7) is 0.677. The molecule has 3 aliphatic rings. The maximum Gasteiger partial charge on any atom is 0.407 e. The molecule has 0 spiro atoms. The van der Waals surface area contributed by atoms with E-state index in [1.54, 1.807) is 0 Å². The number of amides is 2. The summed E-state index contributed by atoms with van der Waals surface area (Å²) in [5.41, 5.74) is 4.64. The average molecular weight is 463 g/mol. The molecule has 0 bridgehead atoms. The Balaban J connectivity index is 1.23. The van der Waals surface area contributed by atoms with Crippen LogP contribution in [0.4, 0.5) is 4.79 Å². The minimum atomic E-state index is -0.962. The normalized spacial score (nSPS) is 20.2. The molecule has 1 unspecified atom stereocenters. The minimum Gasteiger partial charge on any atom is -0.480 e. The first kappa shape index (κ1) is 22.4. The second-order valence-corrected chi connectivity index (χ2v) is 9.55. The lowest BCUT2D eigenvalue weighted by atomic mass is 9.78. The van der Waals surface area contributed by atoms with E-state index in [1.807, 2.05) is 24.3 Å². The van der Waals surface area contributed by atoms with E-state index in [1.165, 1.54) is 16.0 Å². The van der Waals surface area contributed by atoms with Gasteiger partial charge in [-0.3, -0.25) is 4.79 Å². The zero-order valence-electron chi connectivity index (χ0n) is 19.1. The molecule has 2 atom stereocenters. The number of likely N-dealkylation sites (tertiary alicyclic amines) is 1. The highest BCUT2D eigenvalue weighted by Gasteiger charge is 2.38. The molecule has 2 aromatic rings. The number of fused-ring (bicyclic) bond motifs is 3. The topological polar surface area (TPSA) is 95.9 Å². The first-order chi connectivity index (χ1) is 16.5. The number of ether oxygens (including phenoxy) is 1. The summed E-state index contributed by atoms with van der Waals surface area (Å²) in [5.74, 6) is -0.977. The number of nitrogens with one attached hydrogen (secondary N) is 1. The predicted octanol–water partition coefficient (Wildman–Crippen LogP) is 4.16. The number of nitrogens with zero attached hydrogens (tertiary/aromatic N) is 1. The van der Waals surface area contributed by atoms with Crippen LogP contribution in [0.2, 0.25) is 0 Å². The highest BCUT2D eigenvalue weighted by Crippen LogP contribution is 2.44. The van der Waals surface area contributed by atoms with Crippen LogP contribution >= 0.6 is 0 Å². The van der Waals surface area contributed by atoms with Crippen LogP contribution in [0.1, 0.15) is 55.6 Å². The van der Waals surface area contributed by atoms with Crippen molar-refractivity contribution in [3.63, 3.8) is 0 Å². The summed E-state index contributed by atoms with van der Waals surface area (Å²) < 4.78 is 5.69. The second kappa shape index (κ2) is 9.49. The molecular formula is C27H30N2O5. The van der Waals surface area contributed by atoms with E-state index in [9.17, 15) is 19.5 Å². The molecule has 1 aliphatic heterocycles. The molecule has 1 heterocycles. The lowest BCUT2D eigenvalue weighted by Crippen LogP contribution is -2.48. The van der Waals surface area contributed by atoms with Gasteiger partial charge in [0.05, 0.1) is 0 Å². The third kappa shape index (κ3) is 4.27. The summed E-state index contributed by atoms with van der Waals surface area (Å²) in [4.78, 5) is 38.6. The summed E-state index contributed by atoms with van der Waals surface area (Å²) in [5, 5.41) is 12.3. The van der Waals surface area contributed by atoms with Gasteiger partial charge in [0.2, 0.25) is 5.91 Å². The van der Waals surface area contributed by atoms with Crippen LogP contribution in [0.25, 0.3) is 11.1 Å². The van der Waals surface area contributed by atoms with E-state index >= 15 is 0 Å². The van der Waals surface area contributed by atoms with Gasteiger partial charge in [-0.2, -0.15) is 0 Å². The number of hydrogen-bond donors (Lipinski definition) is 2. The highest BCUT2D eigenvalue weighted by molar-refractivity contribution is 5.85. The van der Waals surface area contributed by atoms with Gasteiger partial charge in [-0.05, 0) is 53.9 Å². The molecule has 2 amide bonds. The summed E-state index contributed by atoms with van der Waals surface area (Å²) in [6, 6.07) is 15.3. The Morgan fingerprint density at radius 2 is 1.62 bits per heavy atom. The molecule has 1 saturated heterocycles. The zero-order valence-corrected chi connectivity index (χ0v) is 19.1. The highest BCUT2D eigenvalue weighted by atomic mass is 16.5. The molecule has 2 aliphatic carbocycles. The van der Waals surface area contributed by atoms with Crippen LogP contribution in [0.15, 0.2) is 48.5 Å². The molecule has 0 aromatic heterocycles. The van der Waals surface area contributed by atoms with Gasteiger partial charge in [0.25, 0.3) is 0 Å². The van der Waals surface area contributed by atoms with Gasteiger partial charge in [0, 0.05) is 24.9 Å². The number of alkyl carbamates (subject to hydrolysis) is 1. The molecule has 7 nitrogen and oxygen atoms in total. The number of rotatable bonds is 7. The Hall–Kier alpha value is -3.35. The molecule has 34 heavy (non-hydrogen) atoms. The molecule has 2 N–H and O–H groups in total. The van der Waals surface area contributed by atoms with Crippen molar-refractivity contribution in [2.75, 3.05) is 13.2 Å². The molecule has 0 radical (unpaired) electrons. The van der Waals surface area contributed by atoms with Crippen molar-refractivity contribution in [3.05, 3.63) is 59.7 Å². The van der Waals surface area contributed by atoms with Crippen LogP contribution in [0.3, 0.4) is 0 Å². The minimum absolute atomic E-state index is 0.0251. The first-order valence-electron chi connectivity index (χ1n) is 12.2. The SMILES string of the molecule is O=C(NC(CC(=O)N1CCC[C@@H]1C(=O)O)C1CCC1)OCC1c2ccccc2-c2ccccc21. The van der Waals surface area contributed by atoms with Gasteiger partial charge in [-0.25, -0.2) is 9.59 Å². The van der Waals surface area contributed by atoms with Crippen LogP contribution in [0.5, 0.6) is 0 Å². The molecule has 2 aromatic carbocycles. The van der Waals surface area contributed by atoms with Crippen molar-refractivity contribution in [2.24, 2.45) is 5.92 Å². The number of hydrogen-bond acceptors (Lipinski definition) is 4. The van der Waals surface area contributed by atoms with Crippen LogP contribution in [-0.2, 0) is 14.3 Å². The number of carboxylic acids is 1. The van der Waals surface area contributed by atoms with Crippen molar-refractivity contribution in [1.82, 2.24) is 10.2 Å². The fourth-order valence-corrected chi connectivity index (χ4v) is 5.60. The van der Waals surface area contributed by atoms with Crippen LogP contribution in [-0.4, -0.2) is 53.2 Å². The quantitative estimate of drug-likeness (QED) is 0.644.